The predicted octanol–water partition coefficient (Wildman–Crippen LogP) is 0.489. The van der Waals surface area contributed by atoms with Crippen molar-refractivity contribution in [2.24, 2.45) is 16.5 Å². The van der Waals surface area contributed by atoms with Crippen molar-refractivity contribution >= 4 is 23.6 Å². The van der Waals surface area contributed by atoms with Crippen molar-refractivity contribution in [3.8, 4) is 5.75 Å². The molecule has 2 aliphatic rings. The summed E-state index contributed by atoms with van der Waals surface area (Å²) in [7, 11) is 0. The number of morpholine rings is 1. The first kappa shape index (κ1) is 15.4. The van der Waals surface area contributed by atoms with Crippen LogP contribution in [-0.2, 0) is 9.53 Å². The van der Waals surface area contributed by atoms with Crippen molar-refractivity contribution in [1.29, 1.82) is 0 Å². The Bertz CT molecular complexity index is 659. The molecule has 0 aromatic heterocycles. The number of rotatable bonds is 2. The topological polar surface area (TPSA) is 103 Å². The van der Waals surface area contributed by atoms with Crippen LogP contribution >= 0.6 is 0 Å². The van der Waals surface area contributed by atoms with Gasteiger partial charge in [-0.2, -0.15) is 4.99 Å². The molecule has 23 heavy (non-hydrogen) atoms. The number of carbonyl (C=O) groups is 1. The molecule has 0 spiro atoms. The molecule has 0 unspecified atom stereocenters. The van der Waals surface area contributed by atoms with Crippen LogP contribution in [0.15, 0.2) is 28.8 Å². The number of anilines is 1. The van der Waals surface area contributed by atoms with E-state index in [-0.39, 0.29) is 5.96 Å². The first-order valence-electron chi connectivity index (χ1n) is 7.58. The largest absolute Gasteiger partial charge is 0.490 e. The van der Waals surface area contributed by atoms with Crippen molar-refractivity contribution < 1.29 is 14.3 Å². The van der Waals surface area contributed by atoms with Gasteiger partial charge in [0.15, 0.2) is 5.96 Å². The lowest BCUT2D eigenvalue weighted by atomic mass is 10.1. The monoisotopic (exact) mass is 316 g/mol. The van der Waals surface area contributed by atoms with Gasteiger partial charge in [0.1, 0.15) is 5.75 Å². The summed E-state index contributed by atoms with van der Waals surface area (Å²) in [5.74, 6) is 0.142. The molecule has 0 aliphatic carbocycles. The Labute approximate surface area is 134 Å². The lowest BCUT2D eigenvalue weighted by Gasteiger charge is -2.30. The maximum Gasteiger partial charge on any atom is 0.276 e. The van der Waals surface area contributed by atoms with Gasteiger partial charge in [-0.25, -0.2) is 0 Å². The average molecular weight is 316 g/mol. The fraction of sp³-hybridized carbons (Fsp3) is 0.375. The van der Waals surface area contributed by atoms with Gasteiger partial charge in [-0.3, -0.25) is 4.79 Å². The summed E-state index contributed by atoms with van der Waals surface area (Å²) < 4.78 is 11.3. The highest BCUT2D eigenvalue weighted by Gasteiger charge is 2.21. The Morgan fingerprint density at radius 2 is 1.96 bits per heavy atom. The molecular formula is C16H20N4O3. The zero-order valence-electron chi connectivity index (χ0n) is 12.8. The van der Waals surface area contributed by atoms with E-state index in [1.807, 2.05) is 18.2 Å². The lowest BCUT2D eigenvalue weighted by molar-refractivity contribution is -0.114. The zero-order valence-corrected chi connectivity index (χ0v) is 12.8. The molecule has 7 heteroatoms. The van der Waals surface area contributed by atoms with Gasteiger partial charge >= 0.3 is 0 Å². The summed E-state index contributed by atoms with van der Waals surface area (Å²) in [5.41, 5.74) is 13.0. The second-order valence-electron chi connectivity index (χ2n) is 5.40. The minimum absolute atomic E-state index is 0.233. The Morgan fingerprint density at radius 1 is 1.17 bits per heavy atom. The van der Waals surface area contributed by atoms with Crippen LogP contribution in [0.4, 0.5) is 5.69 Å². The maximum atomic E-state index is 12.1. The van der Waals surface area contributed by atoms with Gasteiger partial charge in [-0.1, -0.05) is 12.1 Å². The van der Waals surface area contributed by atoms with Crippen molar-refractivity contribution in [2.45, 2.75) is 6.42 Å². The number of ether oxygens (including phenoxy) is 2. The molecule has 0 radical (unpaired) electrons. The number of hydrogen-bond donors (Lipinski definition) is 2. The van der Waals surface area contributed by atoms with Gasteiger partial charge in [0.05, 0.1) is 25.5 Å². The summed E-state index contributed by atoms with van der Waals surface area (Å²) in [6.07, 6.45) is 2.27. The first-order valence-corrected chi connectivity index (χ1v) is 7.58. The van der Waals surface area contributed by atoms with Gasteiger partial charge < -0.3 is 25.8 Å². The summed E-state index contributed by atoms with van der Waals surface area (Å²) in [6, 6.07) is 5.91. The van der Waals surface area contributed by atoms with E-state index in [9.17, 15) is 4.79 Å². The molecule has 1 amide bonds. The van der Waals surface area contributed by atoms with E-state index in [4.69, 9.17) is 20.9 Å². The molecule has 122 valence electrons. The van der Waals surface area contributed by atoms with Gasteiger partial charge in [0.2, 0.25) is 0 Å². The SMILES string of the molecule is NC(N)=NC(=O)C1=Cc2cccc(N3CCOCC3)c2OCC1. The molecule has 2 heterocycles. The molecule has 1 aromatic carbocycles. The molecule has 4 N–H and O–H groups in total. The molecular weight excluding hydrogens is 296 g/mol. The van der Waals surface area contributed by atoms with Crippen LogP contribution in [0.2, 0.25) is 0 Å². The molecule has 1 aromatic rings. The second kappa shape index (κ2) is 6.70. The number of nitrogens with two attached hydrogens (primary N) is 2. The van der Waals surface area contributed by atoms with E-state index in [0.29, 0.717) is 31.8 Å². The summed E-state index contributed by atoms with van der Waals surface area (Å²) in [4.78, 5) is 17.9. The fourth-order valence-electron chi connectivity index (χ4n) is 2.75. The fourth-order valence-corrected chi connectivity index (χ4v) is 2.75. The molecule has 3 rings (SSSR count). The quantitative estimate of drug-likeness (QED) is 0.608. The second-order valence-corrected chi connectivity index (χ2v) is 5.40. The highest BCUT2D eigenvalue weighted by atomic mass is 16.5. The number of nitrogens with zero attached hydrogens (tertiary/aromatic N) is 2. The summed E-state index contributed by atoms with van der Waals surface area (Å²) in [6.45, 7) is 3.46. The van der Waals surface area contributed by atoms with Crippen LogP contribution in [0.25, 0.3) is 6.08 Å². The Hall–Kier alpha value is -2.54. The van der Waals surface area contributed by atoms with Crippen LogP contribution in [-0.4, -0.2) is 44.8 Å². The molecule has 0 saturated carbocycles. The smallest absolute Gasteiger partial charge is 0.276 e. The van der Waals surface area contributed by atoms with Crippen molar-refractivity contribution in [3.05, 3.63) is 29.3 Å². The summed E-state index contributed by atoms with van der Waals surface area (Å²) >= 11 is 0. The van der Waals surface area contributed by atoms with Gasteiger partial charge in [-0.05, 0) is 12.1 Å². The standard InChI is InChI=1S/C16H20N4O3/c17-16(18)19-15(21)12-4-7-23-14-11(10-12)2-1-3-13(14)20-5-8-22-9-6-20/h1-3,10H,4-9H2,(H4,17,18,19,21). The molecule has 7 nitrogen and oxygen atoms in total. The third kappa shape index (κ3) is 3.45. The van der Waals surface area contributed by atoms with Crippen molar-refractivity contribution in [1.82, 2.24) is 0 Å². The zero-order chi connectivity index (χ0) is 16.2. The minimum Gasteiger partial charge on any atom is -0.490 e. The van der Waals surface area contributed by atoms with Crippen LogP contribution < -0.4 is 21.1 Å². The Morgan fingerprint density at radius 3 is 2.70 bits per heavy atom. The van der Waals surface area contributed by atoms with E-state index in [2.05, 4.69) is 9.89 Å². The van der Waals surface area contributed by atoms with Crippen LogP contribution in [0.5, 0.6) is 5.75 Å². The molecule has 0 atom stereocenters. The number of amides is 1. The van der Waals surface area contributed by atoms with Crippen molar-refractivity contribution in [3.63, 3.8) is 0 Å². The van der Waals surface area contributed by atoms with E-state index < -0.39 is 5.91 Å². The van der Waals surface area contributed by atoms with E-state index >= 15 is 0 Å². The lowest BCUT2D eigenvalue weighted by Crippen LogP contribution is -2.36. The number of hydrogen-bond acceptors (Lipinski definition) is 4. The third-order valence-electron chi connectivity index (χ3n) is 3.83. The third-order valence-corrected chi connectivity index (χ3v) is 3.83. The number of benzene rings is 1. The minimum atomic E-state index is -0.418. The molecule has 1 fully saturated rings. The highest BCUT2D eigenvalue weighted by molar-refractivity contribution is 6.04. The molecule has 2 aliphatic heterocycles. The van der Waals surface area contributed by atoms with E-state index in [1.54, 1.807) is 6.08 Å². The Balaban J connectivity index is 1.94. The van der Waals surface area contributed by atoms with Gasteiger partial charge in [0, 0.05) is 30.6 Å². The van der Waals surface area contributed by atoms with Crippen LogP contribution in [0.3, 0.4) is 0 Å². The predicted molar refractivity (Wildman–Crippen MR) is 88.4 cm³/mol. The average Bonchev–Trinajstić information content (AvgIpc) is 2.77. The van der Waals surface area contributed by atoms with Gasteiger partial charge in [0.25, 0.3) is 5.91 Å². The normalized spacial score (nSPS) is 17.4. The van der Waals surface area contributed by atoms with E-state index in [0.717, 1.165) is 30.1 Å². The van der Waals surface area contributed by atoms with E-state index in [1.165, 1.54) is 0 Å². The number of carbonyl (C=O) groups excluding carboxylic acids is 1. The number of aliphatic imine (C=N–C) groups is 1. The van der Waals surface area contributed by atoms with Crippen molar-refractivity contribution in [2.75, 3.05) is 37.8 Å². The highest BCUT2D eigenvalue weighted by Crippen LogP contribution is 2.36. The number of guanidine groups is 1. The molecule has 0 bridgehead atoms. The van der Waals surface area contributed by atoms with Gasteiger partial charge in [-0.15, -0.1) is 0 Å². The Kier molecular flexibility index (Phi) is 4.47. The van der Waals surface area contributed by atoms with Crippen LogP contribution in [0.1, 0.15) is 12.0 Å². The molecule has 1 saturated heterocycles. The first-order chi connectivity index (χ1) is 11.1. The van der Waals surface area contributed by atoms with Crippen LogP contribution in [0, 0.1) is 0 Å². The maximum absolute atomic E-state index is 12.1. The number of para-hydroxylation sites is 1. The summed E-state index contributed by atoms with van der Waals surface area (Å²) in [5, 5.41) is 0. The number of fused-ring (bicyclic) bond motifs is 1.